The third kappa shape index (κ3) is 4.89. The van der Waals surface area contributed by atoms with Gasteiger partial charge >= 0.3 is 0 Å². The maximum atomic E-state index is 13.2. The molecule has 8 nitrogen and oxygen atoms in total. The maximum Gasteiger partial charge on any atom is 0.271 e. The number of rotatable bonds is 6. The van der Waals surface area contributed by atoms with E-state index in [0.29, 0.717) is 21.7 Å². The van der Waals surface area contributed by atoms with Crippen LogP contribution >= 0.6 is 23.4 Å². The predicted molar refractivity (Wildman–Crippen MR) is 130 cm³/mol. The van der Waals surface area contributed by atoms with Crippen LogP contribution in [0.5, 0.6) is 0 Å². The third-order valence-corrected chi connectivity index (χ3v) is 6.07. The second-order valence-corrected chi connectivity index (χ2v) is 8.50. The molecule has 1 aromatic heterocycles. The molecule has 33 heavy (non-hydrogen) atoms. The van der Waals surface area contributed by atoms with E-state index < -0.39 is 10.8 Å². The van der Waals surface area contributed by atoms with Crippen LogP contribution in [0.1, 0.15) is 5.56 Å². The molecular formula is C23H17ClN4O4S. The number of amides is 1. The fraction of sp³-hybridized carbons (Fsp3) is 0.0870. The fourth-order valence-electron chi connectivity index (χ4n) is 3.17. The molecule has 0 aliphatic heterocycles. The number of nitro benzene ring substituents is 1. The van der Waals surface area contributed by atoms with Crippen LogP contribution in [0.15, 0.2) is 76.7 Å². The number of nitro groups is 1. The van der Waals surface area contributed by atoms with Crippen molar-refractivity contribution in [2.45, 2.75) is 12.1 Å². The Morgan fingerprint density at radius 1 is 1.15 bits per heavy atom. The Balaban J connectivity index is 1.65. The Labute approximate surface area is 197 Å². The number of benzene rings is 3. The minimum Gasteiger partial charge on any atom is -0.324 e. The number of para-hydroxylation sites is 1. The highest BCUT2D eigenvalue weighted by atomic mass is 35.5. The molecule has 0 saturated carbocycles. The van der Waals surface area contributed by atoms with Gasteiger partial charge in [-0.15, -0.1) is 0 Å². The highest BCUT2D eigenvalue weighted by molar-refractivity contribution is 7.99. The molecule has 0 fully saturated rings. The Kier molecular flexibility index (Phi) is 6.43. The lowest BCUT2D eigenvalue weighted by Crippen LogP contribution is -2.23. The van der Waals surface area contributed by atoms with Gasteiger partial charge in [-0.2, -0.15) is 0 Å². The summed E-state index contributed by atoms with van der Waals surface area (Å²) < 4.78 is 1.47. The lowest BCUT2D eigenvalue weighted by atomic mass is 10.2. The van der Waals surface area contributed by atoms with E-state index in [0.717, 1.165) is 17.3 Å². The number of nitrogens with zero attached hydrogens (tertiary/aromatic N) is 3. The average Bonchev–Trinajstić information content (AvgIpc) is 2.80. The van der Waals surface area contributed by atoms with Gasteiger partial charge in [0, 0.05) is 12.1 Å². The number of carbonyl (C=O) groups excluding carboxylic acids is 1. The molecule has 0 radical (unpaired) electrons. The minimum absolute atomic E-state index is 0.0876. The minimum atomic E-state index is -0.569. The molecule has 0 aliphatic carbocycles. The molecule has 0 unspecified atom stereocenters. The summed E-state index contributed by atoms with van der Waals surface area (Å²) in [6.45, 7) is 1.95. The number of non-ortho nitro benzene ring substituents is 1. The number of nitrogens with one attached hydrogen (secondary N) is 1. The first-order chi connectivity index (χ1) is 15.8. The van der Waals surface area contributed by atoms with Crippen molar-refractivity contribution in [2.24, 2.45) is 0 Å². The normalized spacial score (nSPS) is 10.8. The number of hydrogen-bond donors (Lipinski definition) is 1. The number of fused-ring (bicyclic) bond motifs is 1. The molecule has 0 atom stereocenters. The number of aryl methyl sites for hydroxylation is 1. The maximum absolute atomic E-state index is 13.2. The molecule has 0 spiro atoms. The van der Waals surface area contributed by atoms with Crippen molar-refractivity contribution in [1.29, 1.82) is 0 Å². The SMILES string of the molecule is Cc1ccc(-n2c(SCC(=O)Nc3cc([N+](=O)[O-])ccc3Cl)nc3ccccc3c2=O)cc1. The second kappa shape index (κ2) is 9.43. The highest BCUT2D eigenvalue weighted by Gasteiger charge is 2.16. The van der Waals surface area contributed by atoms with Crippen molar-refractivity contribution in [1.82, 2.24) is 9.55 Å². The zero-order valence-electron chi connectivity index (χ0n) is 17.3. The predicted octanol–water partition coefficient (Wildman–Crippen LogP) is 4.99. The zero-order valence-corrected chi connectivity index (χ0v) is 18.9. The first-order valence-electron chi connectivity index (χ1n) is 9.79. The molecule has 0 bridgehead atoms. The summed E-state index contributed by atoms with van der Waals surface area (Å²) in [5.74, 6) is -0.532. The van der Waals surface area contributed by atoms with Gasteiger partial charge in [0.05, 0.1) is 38.0 Å². The molecule has 4 aromatic rings. The van der Waals surface area contributed by atoms with Crippen LogP contribution in [0.4, 0.5) is 11.4 Å². The van der Waals surface area contributed by atoms with Gasteiger partial charge in [0.1, 0.15) is 0 Å². The van der Waals surface area contributed by atoms with Crippen LogP contribution in [0, 0.1) is 17.0 Å². The van der Waals surface area contributed by atoms with E-state index in [1.54, 1.807) is 24.3 Å². The Bertz CT molecular complexity index is 1440. The molecule has 0 saturated heterocycles. The molecule has 0 aliphatic rings. The topological polar surface area (TPSA) is 107 Å². The second-order valence-electron chi connectivity index (χ2n) is 7.15. The van der Waals surface area contributed by atoms with Gasteiger partial charge in [-0.05, 0) is 37.3 Å². The first-order valence-corrected chi connectivity index (χ1v) is 11.2. The average molecular weight is 481 g/mol. The quantitative estimate of drug-likeness (QED) is 0.180. The summed E-state index contributed by atoms with van der Waals surface area (Å²) in [5, 5.41) is 14.6. The molecule has 166 valence electrons. The highest BCUT2D eigenvalue weighted by Crippen LogP contribution is 2.27. The van der Waals surface area contributed by atoms with E-state index in [4.69, 9.17) is 11.6 Å². The van der Waals surface area contributed by atoms with Crippen LogP contribution in [0.3, 0.4) is 0 Å². The summed E-state index contributed by atoms with van der Waals surface area (Å²) in [6.07, 6.45) is 0. The van der Waals surface area contributed by atoms with E-state index in [9.17, 15) is 19.7 Å². The van der Waals surface area contributed by atoms with E-state index >= 15 is 0 Å². The number of thioether (sulfide) groups is 1. The lowest BCUT2D eigenvalue weighted by molar-refractivity contribution is -0.384. The van der Waals surface area contributed by atoms with Crippen molar-refractivity contribution in [2.75, 3.05) is 11.1 Å². The lowest BCUT2D eigenvalue weighted by Gasteiger charge is -2.13. The van der Waals surface area contributed by atoms with E-state index in [2.05, 4.69) is 10.3 Å². The van der Waals surface area contributed by atoms with E-state index in [1.807, 2.05) is 31.2 Å². The smallest absolute Gasteiger partial charge is 0.271 e. The number of halogens is 1. The molecule has 1 N–H and O–H groups in total. The summed E-state index contributed by atoms with van der Waals surface area (Å²) in [7, 11) is 0. The summed E-state index contributed by atoms with van der Waals surface area (Å²) in [6, 6.07) is 18.2. The third-order valence-electron chi connectivity index (χ3n) is 4.80. The van der Waals surface area contributed by atoms with Gasteiger partial charge in [-0.3, -0.25) is 24.3 Å². The van der Waals surface area contributed by atoms with Gasteiger partial charge in [0.15, 0.2) is 5.16 Å². The molecule has 1 heterocycles. The largest absolute Gasteiger partial charge is 0.324 e. The zero-order chi connectivity index (χ0) is 23.5. The van der Waals surface area contributed by atoms with Crippen molar-refractivity contribution >= 4 is 51.5 Å². The molecule has 4 rings (SSSR count). The molecule has 10 heteroatoms. The van der Waals surface area contributed by atoms with Crippen LogP contribution < -0.4 is 10.9 Å². The van der Waals surface area contributed by atoms with Crippen molar-refractivity contribution in [3.63, 3.8) is 0 Å². The van der Waals surface area contributed by atoms with E-state index in [-0.39, 0.29) is 27.7 Å². The van der Waals surface area contributed by atoms with Crippen LogP contribution in [0.2, 0.25) is 5.02 Å². The van der Waals surface area contributed by atoms with Crippen molar-refractivity contribution < 1.29 is 9.72 Å². The van der Waals surface area contributed by atoms with Gasteiger partial charge in [0.25, 0.3) is 11.2 Å². The molecule has 3 aromatic carbocycles. The van der Waals surface area contributed by atoms with Crippen molar-refractivity contribution in [3.8, 4) is 5.69 Å². The number of hydrogen-bond acceptors (Lipinski definition) is 6. The van der Waals surface area contributed by atoms with E-state index in [1.165, 1.54) is 22.8 Å². The standard InChI is InChI=1S/C23H17ClN4O4S/c1-14-6-8-15(9-7-14)27-22(30)17-4-2-3-5-19(17)26-23(27)33-13-21(29)25-20-12-16(28(31)32)10-11-18(20)24/h2-12H,13H2,1H3,(H,25,29). The number of carbonyl (C=O) groups is 1. The fourth-order valence-corrected chi connectivity index (χ4v) is 4.15. The van der Waals surface area contributed by atoms with Crippen LogP contribution in [-0.2, 0) is 4.79 Å². The van der Waals surface area contributed by atoms with Crippen LogP contribution in [0.25, 0.3) is 16.6 Å². The first kappa shape index (κ1) is 22.5. The van der Waals surface area contributed by atoms with Crippen molar-refractivity contribution in [3.05, 3.63) is 97.8 Å². The van der Waals surface area contributed by atoms with Gasteiger partial charge < -0.3 is 5.32 Å². The number of anilines is 1. The van der Waals surface area contributed by atoms with Crippen LogP contribution in [-0.4, -0.2) is 26.1 Å². The Morgan fingerprint density at radius 2 is 1.88 bits per heavy atom. The monoisotopic (exact) mass is 480 g/mol. The van der Waals surface area contributed by atoms with Gasteiger partial charge in [-0.25, -0.2) is 4.98 Å². The summed E-state index contributed by atoms with van der Waals surface area (Å²) in [5.41, 5.74) is 1.91. The Hall–Kier alpha value is -3.69. The molecular weight excluding hydrogens is 464 g/mol. The van der Waals surface area contributed by atoms with Gasteiger partial charge in [0.2, 0.25) is 5.91 Å². The van der Waals surface area contributed by atoms with Gasteiger partial charge in [-0.1, -0.05) is 53.2 Å². The number of aromatic nitrogens is 2. The Morgan fingerprint density at radius 3 is 2.61 bits per heavy atom. The summed E-state index contributed by atoms with van der Waals surface area (Å²) >= 11 is 7.15. The summed E-state index contributed by atoms with van der Waals surface area (Å²) in [4.78, 5) is 40.9. The molecule has 1 amide bonds.